The van der Waals surface area contributed by atoms with Crippen molar-refractivity contribution in [3.63, 3.8) is 0 Å². The van der Waals surface area contributed by atoms with Crippen LogP contribution in [0.2, 0.25) is 10.0 Å². The minimum absolute atomic E-state index is 0. The molecule has 3 rings (SSSR count). The third-order valence-corrected chi connectivity index (χ3v) is 6.50. The van der Waals surface area contributed by atoms with E-state index >= 15 is 0 Å². The van der Waals surface area contributed by atoms with Crippen molar-refractivity contribution in [2.45, 2.75) is 30.7 Å². The third-order valence-electron chi connectivity index (χ3n) is 5.87. The molecule has 1 heterocycles. The summed E-state index contributed by atoms with van der Waals surface area (Å²) in [5.41, 5.74) is 2.15. The Kier molecular flexibility index (Phi) is 11.6. The van der Waals surface area contributed by atoms with Crippen molar-refractivity contribution in [1.82, 2.24) is 5.32 Å². The summed E-state index contributed by atoms with van der Waals surface area (Å²) in [6, 6.07) is 11.7. The normalized spacial score (nSPS) is 16.0. The van der Waals surface area contributed by atoms with E-state index in [2.05, 4.69) is 17.4 Å². The Morgan fingerprint density at radius 2 is 1.76 bits per heavy atom. The van der Waals surface area contributed by atoms with E-state index < -0.39 is 17.9 Å². The average molecular weight is 516 g/mol. The molecule has 2 aromatic carbocycles. The summed E-state index contributed by atoms with van der Waals surface area (Å²) >= 11 is 12.1. The van der Waals surface area contributed by atoms with Gasteiger partial charge >= 0.3 is 35.5 Å². The van der Waals surface area contributed by atoms with E-state index in [0.29, 0.717) is 19.8 Å². The minimum atomic E-state index is -1.15. The molecule has 9 heteroatoms. The number of carbonyl (C=O) groups excluding carboxylic acids is 1. The zero-order valence-electron chi connectivity index (χ0n) is 18.4. The SMILES string of the molecule is COCC1(c2ccc(C=CCC(NC(=O)c3c(Cl)cccc3Cl)C(=O)O)cc2)CCOCC1.[NaH]. The second-order valence-corrected chi connectivity index (χ2v) is 8.86. The maximum atomic E-state index is 12.5. The number of benzene rings is 2. The van der Waals surface area contributed by atoms with Gasteiger partial charge in [-0.15, -0.1) is 0 Å². The van der Waals surface area contributed by atoms with Gasteiger partial charge in [-0.1, -0.05) is 65.7 Å². The molecule has 0 aliphatic carbocycles. The summed E-state index contributed by atoms with van der Waals surface area (Å²) < 4.78 is 11.0. The summed E-state index contributed by atoms with van der Waals surface area (Å²) in [7, 11) is 1.71. The number of methoxy groups -OCH3 is 1. The molecule has 1 aliphatic rings. The predicted octanol–water partition coefficient (Wildman–Crippen LogP) is 4.33. The van der Waals surface area contributed by atoms with Crippen molar-refractivity contribution in [2.24, 2.45) is 0 Å². The number of aliphatic carboxylic acids is 1. The van der Waals surface area contributed by atoms with Crippen molar-refractivity contribution in [3.8, 4) is 0 Å². The average Bonchev–Trinajstić information content (AvgIpc) is 2.79. The molecular weight excluding hydrogens is 488 g/mol. The van der Waals surface area contributed by atoms with Crippen molar-refractivity contribution >= 4 is 70.7 Å². The third kappa shape index (κ3) is 7.31. The zero-order chi connectivity index (χ0) is 23.8. The van der Waals surface area contributed by atoms with Crippen molar-refractivity contribution < 1.29 is 24.2 Å². The molecule has 2 N–H and O–H groups in total. The first-order chi connectivity index (χ1) is 15.9. The first-order valence-electron chi connectivity index (χ1n) is 10.7. The first kappa shape index (κ1) is 28.9. The molecule has 6 nitrogen and oxygen atoms in total. The van der Waals surface area contributed by atoms with E-state index in [0.717, 1.165) is 18.4 Å². The van der Waals surface area contributed by atoms with Crippen LogP contribution in [-0.2, 0) is 19.7 Å². The Bertz CT molecular complexity index is 981. The van der Waals surface area contributed by atoms with Crippen LogP contribution in [0, 0.1) is 0 Å². The molecule has 1 fully saturated rings. The Hall–Kier alpha value is -1.38. The molecule has 1 amide bonds. The Morgan fingerprint density at radius 3 is 2.32 bits per heavy atom. The van der Waals surface area contributed by atoms with Gasteiger partial charge in [0.15, 0.2) is 0 Å². The van der Waals surface area contributed by atoms with Gasteiger partial charge in [-0.3, -0.25) is 4.79 Å². The van der Waals surface area contributed by atoms with Gasteiger partial charge in [-0.2, -0.15) is 0 Å². The first-order valence-corrected chi connectivity index (χ1v) is 11.4. The summed E-state index contributed by atoms with van der Waals surface area (Å²) in [6.45, 7) is 2.07. The summed E-state index contributed by atoms with van der Waals surface area (Å²) in [4.78, 5) is 24.2. The predicted molar refractivity (Wildman–Crippen MR) is 136 cm³/mol. The van der Waals surface area contributed by atoms with Gasteiger partial charge in [-0.05, 0) is 42.5 Å². The van der Waals surface area contributed by atoms with E-state index in [-0.39, 0.29) is 57.0 Å². The van der Waals surface area contributed by atoms with Crippen LogP contribution >= 0.6 is 23.2 Å². The second kappa shape index (κ2) is 13.6. The van der Waals surface area contributed by atoms with Gasteiger partial charge in [0.2, 0.25) is 0 Å². The maximum absolute atomic E-state index is 12.5. The van der Waals surface area contributed by atoms with Crippen LogP contribution in [-0.4, -0.2) is 79.5 Å². The fraction of sp³-hybridized carbons (Fsp3) is 0.360. The molecule has 1 unspecified atom stereocenters. The second-order valence-electron chi connectivity index (χ2n) is 8.05. The van der Waals surface area contributed by atoms with E-state index in [1.807, 2.05) is 18.2 Å². The van der Waals surface area contributed by atoms with Crippen LogP contribution in [0.3, 0.4) is 0 Å². The molecule has 0 aromatic heterocycles. The van der Waals surface area contributed by atoms with Gasteiger partial charge < -0.3 is 19.9 Å². The van der Waals surface area contributed by atoms with E-state index in [1.54, 1.807) is 19.3 Å². The van der Waals surface area contributed by atoms with Gasteiger partial charge in [0.1, 0.15) is 6.04 Å². The van der Waals surface area contributed by atoms with Gasteiger partial charge in [0, 0.05) is 25.7 Å². The number of halogens is 2. The molecular formula is C25H28Cl2NNaO5. The standard InChI is InChI=1S/C25H27Cl2NO5.Na.H/c1-32-16-25(12-14-33-15-13-25)18-10-8-17(9-11-18)4-2-7-21(24(30)31)28-23(29)22-19(26)5-3-6-20(22)27;;/h2-6,8-11,21H,7,12-16H2,1H3,(H,28,29)(H,30,31);;. The summed E-state index contributed by atoms with van der Waals surface area (Å²) in [5.74, 6) is -1.77. The number of amides is 1. The number of hydrogen-bond donors (Lipinski definition) is 2. The summed E-state index contributed by atoms with van der Waals surface area (Å²) in [5, 5.41) is 12.3. The fourth-order valence-corrected chi connectivity index (χ4v) is 4.58. The Morgan fingerprint density at radius 1 is 1.15 bits per heavy atom. The van der Waals surface area contributed by atoms with E-state index in [4.69, 9.17) is 32.7 Å². The molecule has 0 saturated carbocycles. The molecule has 1 aliphatic heterocycles. The number of nitrogens with one attached hydrogen (secondary N) is 1. The zero-order valence-corrected chi connectivity index (χ0v) is 19.9. The Labute approximate surface area is 231 Å². The van der Waals surface area contributed by atoms with Crippen molar-refractivity contribution in [3.05, 3.63) is 75.3 Å². The molecule has 0 bridgehead atoms. The Balaban J connectivity index is 0.00000408. The molecule has 1 atom stereocenters. The van der Waals surface area contributed by atoms with Crippen LogP contribution in [0.1, 0.15) is 40.7 Å². The van der Waals surface area contributed by atoms with Crippen LogP contribution in [0.5, 0.6) is 0 Å². The van der Waals surface area contributed by atoms with Crippen LogP contribution in [0.25, 0.3) is 6.08 Å². The van der Waals surface area contributed by atoms with Crippen molar-refractivity contribution in [2.75, 3.05) is 26.9 Å². The number of hydrogen-bond acceptors (Lipinski definition) is 4. The number of carboxylic acids is 1. The van der Waals surface area contributed by atoms with Crippen molar-refractivity contribution in [1.29, 1.82) is 0 Å². The molecule has 2 aromatic rings. The monoisotopic (exact) mass is 515 g/mol. The fourth-order valence-electron chi connectivity index (χ4n) is 4.01. The topological polar surface area (TPSA) is 84.9 Å². The number of rotatable bonds is 9. The number of carboxylic acid groups (broad SMARTS) is 1. The molecule has 34 heavy (non-hydrogen) atoms. The molecule has 178 valence electrons. The van der Waals surface area contributed by atoms with Crippen LogP contribution in [0.4, 0.5) is 0 Å². The van der Waals surface area contributed by atoms with Gasteiger partial charge in [0.05, 0.1) is 22.2 Å². The quantitative estimate of drug-likeness (QED) is 0.485. The van der Waals surface area contributed by atoms with Crippen LogP contribution in [0.15, 0.2) is 48.5 Å². The van der Waals surface area contributed by atoms with E-state index in [9.17, 15) is 14.7 Å². The van der Waals surface area contributed by atoms with Crippen LogP contribution < -0.4 is 5.32 Å². The van der Waals surface area contributed by atoms with Gasteiger partial charge in [-0.25, -0.2) is 4.79 Å². The summed E-state index contributed by atoms with van der Waals surface area (Å²) in [6.07, 6.45) is 5.48. The molecule has 0 spiro atoms. The molecule has 1 saturated heterocycles. The molecule has 0 radical (unpaired) electrons. The van der Waals surface area contributed by atoms with E-state index in [1.165, 1.54) is 17.7 Å². The number of ether oxygens (including phenoxy) is 2. The number of carbonyl (C=O) groups is 2. The van der Waals surface area contributed by atoms with Gasteiger partial charge in [0.25, 0.3) is 5.91 Å².